The quantitative estimate of drug-likeness (QED) is 0.815. The minimum atomic E-state index is -0.818. The van der Waals surface area contributed by atoms with Gasteiger partial charge < -0.3 is 15.4 Å². The minimum Gasteiger partial charge on any atom is -0.477 e. The fourth-order valence-corrected chi connectivity index (χ4v) is 1.44. The molecule has 0 aromatic carbocycles. The predicted molar refractivity (Wildman–Crippen MR) is 75.4 cm³/mol. The van der Waals surface area contributed by atoms with Crippen LogP contribution in [0.3, 0.4) is 0 Å². The molecule has 1 heterocycles. The van der Waals surface area contributed by atoms with Crippen molar-refractivity contribution < 1.29 is 4.74 Å². The van der Waals surface area contributed by atoms with E-state index in [1.807, 2.05) is 19.9 Å². The van der Waals surface area contributed by atoms with Crippen molar-refractivity contribution in [2.24, 2.45) is 0 Å². The summed E-state index contributed by atoms with van der Waals surface area (Å²) in [6.45, 7) is 8.12. The average molecular weight is 274 g/mol. The van der Waals surface area contributed by atoms with Gasteiger partial charge in [-0.15, -0.1) is 0 Å². The van der Waals surface area contributed by atoms with E-state index in [1.165, 1.54) is 0 Å². The van der Waals surface area contributed by atoms with Gasteiger partial charge in [0.15, 0.2) is 11.4 Å². The Hall–Kier alpha value is -2.54. The van der Waals surface area contributed by atoms with E-state index in [9.17, 15) is 5.26 Å². The molecule has 0 radical (unpaired) electrons. The van der Waals surface area contributed by atoms with Crippen LogP contribution in [0.5, 0.6) is 5.88 Å². The van der Waals surface area contributed by atoms with E-state index >= 15 is 0 Å². The summed E-state index contributed by atoms with van der Waals surface area (Å²) in [4.78, 5) is 8.37. The van der Waals surface area contributed by atoms with Gasteiger partial charge in [-0.3, -0.25) is 0 Å². The summed E-state index contributed by atoms with van der Waals surface area (Å²) >= 11 is 0. The standard InChI is InChI=1S/C13H18N6O/c1-5-16-10-9(7-14)11(20-6-2)18-12(17-10)19-13(3,4)8-15/h5-6H2,1-4H3,(H2,16,17,18,19). The summed E-state index contributed by atoms with van der Waals surface area (Å²) in [5.74, 6) is 0.844. The third-order valence-corrected chi connectivity index (χ3v) is 2.32. The average Bonchev–Trinajstić information content (AvgIpc) is 2.39. The Balaban J connectivity index is 3.28. The van der Waals surface area contributed by atoms with Crippen molar-refractivity contribution in [3.63, 3.8) is 0 Å². The zero-order valence-corrected chi connectivity index (χ0v) is 12.1. The molecular weight excluding hydrogens is 256 g/mol. The molecule has 1 aromatic heterocycles. The van der Waals surface area contributed by atoms with Crippen LogP contribution < -0.4 is 15.4 Å². The second-order valence-corrected chi connectivity index (χ2v) is 4.51. The van der Waals surface area contributed by atoms with E-state index in [0.717, 1.165) is 0 Å². The van der Waals surface area contributed by atoms with Crippen LogP contribution in [0.15, 0.2) is 0 Å². The maximum absolute atomic E-state index is 9.20. The van der Waals surface area contributed by atoms with Gasteiger partial charge in [-0.2, -0.15) is 20.5 Å². The maximum atomic E-state index is 9.20. The molecule has 0 bridgehead atoms. The molecule has 20 heavy (non-hydrogen) atoms. The topological polar surface area (TPSA) is 107 Å². The minimum absolute atomic E-state index is 0.206. The Morgan fingerprint density at radius 2 is 1.95 bits per heavy atom. The molecule has 0 saturated heterocycles. The highest BCUT2D eigenvalue weighted by molar-refractivity contribution is 5.60. The summed E-state index contributed by atoms with van der Waals surface area (Å²) in [6.07, 6.45) is 0. The van der Waals surface area contributed by atoms with Gasteiger partial charge in [-0.1, -0.05) is 0 Å². The van der Waals surface area contributed by atoms with Crippen LogP contribution in [0.1, 0.15) is 33.3 Å². The van der Waals surface area contributed by atoms with Crippen molar-refractivity contribution >= 4 is 11.8 Å². The van der Waals surface area contributed by atoms with E-state index in [4.69, 9.17) is 10.00 Å². The molecule has 7 heteroatoms. The molecule has 1 aromatic rings. The van der Waals surface area contributed by atoms with Gasteiger partial charge in [0.2, 0.25) is 11.8 Å². The lowest BCUT2D eigenvalue weighted by Gasteiger charge is -2.19. The number of nitrogens with one attached hydrogen (secondary N) is 2. The lowest BCUT2D eigenvalue weighted by molar-refractivity contribution is 0.325. The maximum Gasteiger partial charge on any atom is 0.238 e. The first-order valence-corrected chi connectivity index (χ1v) is 6.35. The lowest BCUT2D eigenvalue weighted by atomic mass is 10.1. The number of nitriles is 2. The smallest absolute Gasteiger partial charge is 0.238 e. The molecule has 0 aliphatic rings. The Morgan fingerprint density at radius 3 is 2.45 bits per heavy atom. The number of anilines is 2. The van der Waals surface area contributed by atoms with Crippen LogP contribution in [-0.2, 0) is 0 Å². The SMILES string of the molecule is CCNc1nc(NC(C)(C)C#N)nc(OCC)c1C#N. The summed E-state index contributed by atoms with van der Waals surface area (Å²) in [5, 5.41) is 24.1. The molecule has 106 valence electrons. The number of aromatic nitrogens is 2. The van der Waals surface area contributed by atoms with Crippen LogP contribution in [-0.4, -0.2) is 28.7 Å². The fraction of sp³-hybridized carbons (Fsp3) is 0.538. The second kappa shape index (κ2) is 6.58. The highest BCUT2D eigenvalue weighted by atomic mass is 16.5. The second-order valence-electron chi connectivity index (χ2n) is 4.51. The highest BCUT2D eigenvalue weighted by Crippen LogP contribution is 2.25. The molecule has 0 saturated carbocycles. The van der Waals surface area contributed by atoms with E-state index < -0.39 is 5.54 Å². The molecule has 0 atom stereocenters. The molecule has 2 N–H and O–H groups in total. The van der Waals surface area contributed by atoms with Crippen LogP contribution in [0.4, 0.5) is 11.8 Å². The van der Waals surface area contributed by atoms with Gasteiger partial charge in [-0.25, -0.2) is 0 Å². The van der Waals surface area contributed by atoms with Gasteiger partial charge >= 0.3 is 0 Å². The molecule has 0 amide bonds. The number of hydrogen-bond donors (Lipinski definition) is 2. The van der Waals surface area contributed by atoms with Crippen LogP contribution in [0, 0.1) is 22.7 Å². The largest absolute Gasteiger partial charge is 0.477 e. The van der Waals surface area contributed by atoms with Crippen LogP contribution >= 0.6 is 0 Å². The van der Waals surface area contributed by atoms with Crippen LogP contribution in [0.25, 0.3) is 0 Å². The van der Waals surface area contributed by atoms with Crippen molar-refractivity contribution in [2.75, 3.05) is 23.8 Å². The summed E-state index contributed by atoms with van der Waals surface area (Å²) in [6, 6.07) is 4.14. The third kappa shape index (κ3) is 3.72. The molecule has 0 unspecified atom stereocenters. The molecule has 0 aliphatic carbocycles. The van der Waals surface area contributed by atoms with E-state index in [0.29, 0.717) is 19.0 Å². The van der Waals surface area contributed by atoms with Crippen molar-refractivity contribution in [1.29, 1.82) is 10.5 Å². The molecule has 0 aliphatic heterocycles. The van der Waals surface area contributed by atoms with Crippen molar-refractivity contribution in [2.45, 2.75) is 33.2 Å². The van der Waals surface area contributed by atoms with Crippen molar-refractivity contribution in [1.82, 2.24) is 9.97 Å². The Morgan fingerprint density at radius 1 is 1.25 bits per heavy atom. The lowest BCUT2D eigenvalue weighted by Crippen LogP contribution is -2.30. The number of nitrogens with zero attached hydrogens (tertiary/aromatic N) is 4. The van der Waals surface area contributed by atoms with Crippen molar-refractivity contribution in [3.05, 3.63) is 5.56 Å². The zero-order valence-electron chi connectivity index (χ0n) is 12.1. The van der Waals surface area contributed by atoms with Crippen LogP contribution in [0.2, 0.25) is 0 Å². The Bertz CT molecular complexity index is 528. The van der Waals surface area contributed by atoms with Gasteiger partial charge in [0.1, 0.15) is 11.6 Å². The Kier molecular flexibility index (Phi) is 5.10. The highest BCUT2D eigenvalue weighted by Gasteiger charge is 2.21. The van der Waals surface area contributed by atoms with E-state index in [-0.39, 0.29) is 17.4 Å². The summed E-state index contributed by atoms with van der Waals surface area (Å²) in [7, 11) is 0. The van der Waals surface area contributed by atoms with Gasteiger partial charge in [0, 0.05) is 6.54 Å². The molecular formula is C13H18N6O. The molecule has 1 rings (SSSR count). The van der Waals surface area contributed by atoms with Gasteiger partial charge in [0.25, 0.3) is 0 Å². The van der Waals surface area contributed by atoms with E-state index in [2.05, 4.69) is 26.7 Å². The van der Waals surface area contributed by atoms with Gasteiger partial charge in [-0.05, 0) is 27.7 Å². The fourth-order valence-electron chi connectivity index (χ4n) is 1.44. The first kappa shape index (κ1) is 15.5. The monoisotopic (exact) mass is 274 g/mol. The first-order chi connectivity index (χ1) is 9.47. The first-order valence-electron chi connectivity index (χ1n) is 6.35. The number of rotatable bonds is 6. The predicted octanol–water partition coefficient (Wildman–Crippen LogP) is 1.89. The normalized spacial score (nSPS) is 10.3. The Labute approximate surface area is 118 Å². The van der Waals surface area contributed by atoms with E-state index in [1.54, 1.807) is 13.8 Å². The number of hydrogen-bond acceptors (Lipinski definition) is 7. The third-order valence-electron chi connectivity index (χ3n) is 2.32. The molecule has 0 fully saturated rings. The number of ether oxygens (including phenoxy) is 1. The van der Waals surface area contributed by atoms with Crippen molar-refractivity contribution in [3.8, 4) is 18.0 Å². The zero-order chi connectivity index (χ0) is 15.2. The summed E-state index contributed by atoms with van der Waals surface area (Å²) in [5.41, 5.74) is -0.560. The summed E-state index contributed by atoms with van der Waals surface area (Å²) < 4.78 is 5.37. The molecule has 0 spiro atoms. The molecule has 7 nitrogen and oxygen atoms in total. The van der Waals surface area contributed by atoms with Gasteiger partial charge in [0.05, 0.1) is 12.7 Å².